The van der Waals surface area contributed by atoms with E-state index in [1.165, 1.54) is 38.5 Å². The maximum atomic E-state index is 2.32. The van der Waals surface area contributed by atoms with E-state index in [1.807, 2.05) is 0 Å². The summed E-state index contributed by atoms with van der Waals surface area (Å²) in [6.07, 6.45) is 8.08. The van der Waals surface area contributed by atoms with Gasteiger partial charge in [-0.05, 0) is 31.1 Å². The zero-order chi connectivity index (χ0) is 9.40. The lowest BCUT2D eigenvalue weighted by atomic mass is 9.87. The first kappa shape index (κ1) is 12.0. The van der Waals surface area contributed by atoms with Crippen LogP contribution in [0.4, 0.5) is 0 Å². The van der Waals surface area contributed by atoms with Crippen LogP contribution in [0.1, 0.15) is 66.2 Å². The van der Waals surface area contributed by atoms with Crippen molar-refractivity contribution in [3.05, 3.63) is 5.92 Å². The molecule has 0 aliphatic carbocycles. The summed E-state index contributed by atoms with van der Waals surface area (Å²) in [5.41, 5.74) is 0. The maximum Gasteiger partial charge on any atom is -0.0244 e. The van der Waals surface area contributed by atoms with Crippen molar-refractivity contribution < 1.29 is 0 Å². The Balaban J connectivity index is 3.65. The predicted molar refractivity (Wildman–Crippen MR) is 57.1 cm³/mol. The minimum Gasteiger partial charge on any atom is -0.0654 e. The molecule has 0 aliphatic heterocycles. The van der Waals surface area contributed by atoms with Gasteiger partial charge in [-0.2, -0.15) is 0 Å². The lowest BCUT2D eigenvalue weighted by molar-refractivity contribution is 0.426. The molecule has 73 valence electrons. The molecule has 0 aromatic rings. The van der Waals surface area contributed by atoms with Crippen LogP contribution in [0.15, 0.2) is 0 Å². The smallest absolute Gasteiger partial charge is 0.0244 e. The molecule has 0 aliphatic rings. The van der Waals surface area contributed by atoms with E-state index < -0.39 is 0 Å². The van der Waals surface area contributed by atoms with Crippen LogP contribution in [-0.2, 0) is 0 Å². The van der Waals surface area contributed by atoms with Crippen molar-refractivity contribution in [3.8, 4) is 0 Å². The highest BCUT2D eigenvalue weighted by Crippen LogP contribution is 2.25. The molecule has 0 bridgehead atoms. The van der Waals surface area contributed by atoms with Gasteiger partial charge in [0.1, 0.15) is 0 Å². The number of hydrogen-bond acceptors (Lipinski definition) is 0. The summed E-state index contributed by atoms with van der Waals surface area (Å²) >= 11 is 0. The lowest BCUT2D eigenvalue weighted by Gasteiger charge is -2.19. The molecule has 0 N–H and O–H groups in total. The number of rotatable bonds is 7. The molecule has 0 heterocycles. The Labute approximate surface area is 78.8 Å². The van der Waals surface area contributed by atoms with Crippen LogP contribution in [0.5, 0.6) is 0 Å². The van der Waals surface area contributed by atoms with Gasteiger partial charge in [-0.1, -0.05) is 47.0 Å². The summed E-state index contributed by atoms with van der Waals surface area (Å²) in [6.45, 7) is 9.19. The van der Waals surface area contributed by atoms with E-state index in [0.717, 1.165) is 5.92 Å². The van der Waals surface area contributed by atoms with E-state index in [0.29, 0.717) is 0 Å². The lowest BCUT2D eigenvalue weighted by Crippen LogP contribution is -2.05. The van der Waals surface area contributed by atoms with Gasteiger partial charge in [0.25, 0.3) is 0 Å². The van der Waals surface area contributed by atoms with Gasteiger partial charge in [-0.15, -0.1) is 0 Å². The second kappa shape index (κ2) is 7.64. The van der Waals surface area contributed by atoms with Gasteiger partial charge in [-0.3, -0.25) is 0 Å². The summed E-state index contributed by atoms with van der Waals surface area (Å²) in [7, 11) is 0. The summed E-state index contributed by atoms with van der Waals surface area (Å²) in [5, 5.41) is 0. The molecule has 0 heteroatoms. The zero-order valence-corrected chi connectivity index (χ0v) is 9.32. The molecule has 0 fully saturated rings. The molecule has 1 unspecified atom stereocenters. The van der Waals surface area contributed by atoms with Gasteiger partial charge in [0, 0.05) is 0 Å². The molecule has 12 heavy (non-hydrogen) atoms. The highest BCUT2D eigenvalue weighted by molar-refractivity contribution is 4.88. The standard InChI is InChI=1S/C12H25/c1-5-9-12(8-4)10-11(6-2)7-3/h12H,5-10H2,1-4H3. The normalized spacial score (nSPS) is 13.8. The van der Waals surface area contributed by atoms with E-state index in [4.69, 9.17) is 0 Å². The van der Waals surface area contributed by atoms with Gasteiger partial charge < -0.3 is 0 Å². The van der Waals surface area contributed by atoms with E-state index in [9.17, 15) is 0 Å². The summed E-state index contributed by atoms with van der Waals surface area (Å²) < 4.78 is 0. The SMILES string of the molecule is CCCC(CC)C[C](CC)CC. The minimum atomic E-state index is 0.963. The largest absolute Gasteiger partial charge is 0.0654 e. The van der Waals surface area contributed by atoms with Crippen LogP contribution in [0.2, 0.25) is 0 Å². The second-order valence-corrected chi connectivity index (χ2v) is 3.72. The minimum absolute atomic E-state index is 0.963. The Morgan fingerprint density at radius 3 is 1.92 bits per heavy atom. The van der Waals surface area contributed by atoms with Crippen molar-refractivity contribution in [1.82, 2.24) is 0 Å². The third-order valence-corrected chi connectivity index (χ3v) is 2.85. The average Bonchev–Trinajstić information content (AvgIpc) is 2.12. The van der Waals surface area contributed by atoms with Crippen LogP contribution in [0.25, 0.3) is 0 Å². The van der Waals surface area contributed by atoms with E-state index in [-0.39, 0.29) is 0 Å². The van der Waals surface area contributed by atoms with Gasteiger partial charge in [0.2, 0.25) is 0 Å². The fourth-order valence-corrected chi connectivity index (χ4v) is 1.81. The van der Waals surface area contributed by atoms with Gasteiger partial charge in [-0.25, -0.2) is 0 Å². The second-order valence-electron chi connectivity index (χ2n) is 3.72. The van der Waals surface area contributed by atoms with Crippen molar-refractivity contribution in [2.75, 3.05) is 0 Å². The molecule has 0 rings (SSSR count). The van der Waals surface area contributed by atoms with Gasteiger partial charge in [0.15, 0.2) is 0 Å². The van der Waals surface area contributed by atoms with Gasteiger partial charge >= 0.3 is 0 Å². The van der Waals surface area contributed by atoms with E-state index >= 15 is 0 Å². The first-order valence-corrected chi connectivity index (χ1v) is 5.61. The van der Waals surface area contributed by atoms with Crippen LogP contribution in [0, 0.1) is 11.8 Å². The topological polar surface area (TPSA) is 0 Å². The summed E-state index contributed by atoms with van der Waals surface area (Å²) in [5.74, 6) is 2.72. The molecule has 1 radical (unpaired) electrons. The molecule has 0 aromatic carbocycles. The Morgan fingerprint density at radius 1 is 1.00 bits per heavy atom. The van der Waals surface area contributed by atoms with Crippen LogP contribution < -0.4 is 0 Å². The summed E-state index contributed by atoms with van der Waals surface area (Å²) in [4.78, 5) is 0. The van der Waals surface area contributed by atoms with Crippen molar-refractivity contribution >= 4 is 0 Å². The fourth-order valence-electron chi connectivity index (χ4n) is 1.81. The molecule has 0 saturated carbocycles. The molecular weight excluding hydrogens is 144 g/mol. The predicted octanol–water partition coefficient (Wildman–Crippen LogP) is 4.60. The average molecular weight is 169 g/mol. The highest BCUT2D eigenvalue weighted by atomic mass is 14.2. The van der Waals surface area contributed by atoms with Crippen molar-refractivity contribution in [2.45, 2.75) is 66.2 Å². The van der Waals surface area contributed by atoms with Crippen molar-refractivity contribution in [1.29, 1.82) is 0 Å². The molecule has 0 spiro atoms. The molecule has 0 aromatic heterocycles. The van der Waals surface area contributed by atoms with Crippen LogP contribution in [-0.4, -0.2) is 0 Å². The highest BCUT2D eigenvalue weighted by Gasteiger charge is 2.11. The van der Waals surface area contributed by atoms with Gasteiger partial charge in [0.05, 0.1) is 0 Å². The third kappa shape index (κ3) is 4.79. The third-order valence-electron chi connectivity index (χ3n) is 2.85. The van der Waals surface area contributed by atoms with Crippen LogP contribution in [0.3, 0.4) is 0 Å². The number of hydrogen-bond donors (Lipinski definition) is 0. The monoisotopic (exact) mass is 169 g/mol. The summed E-state index contributed by atoms with van der Waals surface area (Å²) in [6, 6.07) is 0. The van der Waals surface area contributed by atoms with Crippen LogP contribution >= 0.6 is 0 Å². The van der Waals surface area contributed by atoms with Crippen molar-refractivity contribution in [2.24, 2.45) is 5.92 Å². The maximum absolute atomic E-state index is 2.32. The Hall–Kier alpha value is 0. The molecule has 0 nitrogen and oxygen atoms in total. The quantitative estimate of drug-likeness (QED) is 0.522. The molecule has 1 atom stereocenters. The molecule has 0 amide bonds. The Morgan fingerprint density at radius 2 is 1.58 bits per heavy atom. The first-order chi connectivity index (χ1) is 5.78. The Kier molecular flexibility index (Phi) is 7.64. The fraction of sp³-hybridized carbons (Fsp3) is 0.917. The first-order valence-electron chi connectivity index (χ1n) is 5.61. The van der Waals surface area contributed by atoms with Crippen molar-refractivity contribution in [3.63, 3.8) is 0 Å². The van der Waals surface area contributed by atoms with E-state index in [2.05, 4.69) is 27.7 Å². The Bertz CT molecular complexity index is 82.0. The van der Waals surface area contributed by atoms with E-state index in [1.54, 1.807) is 5.92 Å². The zero-order valence-electron chi connectivity index (χ0n) is 9.32. The molecule has 0 saturated heterocycles. The molecular formula is C12H25.